The maximum absolute atomic E-state index is 12.7. The lowest BCUT2D eigenvalue weighted by Crippen LogP contribution is -2.41. The van der Waals surface area contributed by atoms with E-state index in [1.807, 2.05) is 31.4 Å². The summed E-state index contributed by atoms with van der Waals surface area (Å²) in [5.41, 5.74) is 0.807. The van der Waals surface area contributed by atoms with Gasteiger partial charge >= 0.3 is 6.09 Å². The summed E-state index contributed by atoms with van der Waals surface area (Å²) in [4.78, 5) is 33.7. The number of halogens is 1. The predicted octanol–water partition coefficient (Wildman–Crippen LogP) is 3.46. The Morgan fingerprint density at radius 2 is 2.13 bits per heavy atom. The zero-order chi connectivity index (χ0) is 21.6. The van der Waals surface area contributed by atoms with Crippen LogP contribution in [0.1, 0.15) is 39.7 Å². The highest BCUT2D eigenvalue weighted by Crippen LogP contribution is 2.34. The van der Waals surface area contributed by atoms with E-state index in [1.165, 1.54) is 11.2 Å². The molecule has 1 fully saturated rings. The molecule has 2 N–H and O–H groups in total. The summed E-state index contributed by atoms with van der Waals surface area (Å²) in [5, 5.41) is 12.4. The number of carbonyl (C=O) groups excluding carboxylic acids is 1. The topological polar surface area (TPSA) is 100 Å². The summed E-state index contributed by atoms with van der Waals surface area (Å²) in [6.45, 7) is 6.02. The molecular weight excluding hydrogens is 408 g/mol. The molecule has 0 spiro atoms. The van der Waals surface area contributed by atoms with Gasteiger partial charge in [0.2, 0.25) is 0 Å². The number of hydrogen-bond donors (Lipinski definition) is 2. The molecule has 1 aromatic carbocycles. The molecule has 1 aliphatic rings. The third kappa shape index (κ3) is 3.77. The van der Waals surface area contributed by atoms with Gasteiger partial charge in [0.15, 0.2) is 0 Å². The third-order valence-electron chi connectivity index (χ3n) is 5.31. The Kier molecular flexibility index (Phi) is 5.23. The molecule has 0 saturated carbocycles. The number of nitrogens with one attached hydrogen (secondary N) is 1. The molecule has 160 valence electrons. The van der Waals surface area contributed by atoms with Crippen LogP contribution in [0, 0.1) is 0 Å². The molecule has 1 saturated heterocycles. The van der Waals surface area contributed by atoms with Gasteiger partial charge in [-0.2, -0.15) is 0 Å². The second-order valence-electron chi connectivity index (χ2n) is 8.66. The zero-order valence-corrected chi connectivity index (χ0v) is 17.9. The first-order valence-corrected chi connectivity index (χ1v) is 10.4. The minimum Gasteiger partial charge on any atom is -0.444 e. The van der Waals surface area contributed by atoms with Crippen molar-refractivity contribution in [2.45, 2.75) is 51.4 Å². The van der Waals surface area contributed by atoms with Crippen LogP contribution in [0.15, 0.2) is 29.3 Å². The van der Waals surface area contributed by atoms with E-state index < -0.39 is 23.8 Å². The number of nitrogens with zero attached hydrogens (tertiary/aromatic N) is 3. The number of carbonyl (C=O) groups is 1. The van der Waals surface area contributed by atoms with Gasteiger partial charge in [0.1, 0.15) is 16.6 Å². The average Bonchev–Trinajstić information content (AvgIpc) is 2.84. The number of amides is 1. The van der Waals surface area contributed by atoms with Crippen molar-refractivity contribution in [3.8, 4) is 0 Å². The van der Waals surface area contributed by atoms with Crippen LogP contribution in [0.25, 0.3) is 21.9 Å². The van der Waals surface area contributed by atoms with E-state index in [1.54, 1.807) is 12.1 Å². The molecule has 3 aromatic rings. The fourth-order valence-electron chi connectivity index (χ4n) is 4.10. The number of fused-ring (bicyclic) bond motifs is 3. The van der Waals surface area contributed by atoms with Crippen molar-refractivity contribution in [1.82, 2.24) is 19.4 Å². The highest BCUT2D eigenvalue weighted by Gasteiger charge is 2.33. The van der Waals surface area contributed by atoms with Crippen LogP contribution in [0.3, 0.4) is 0 Å². The van der Waals surface area contributed by atoms with Gasteiger partial charge in [-0.1, -0.05) is 11.6 Å². The number of aliphatic hydroxyl groups is 1. The Bertz CT molecular complexity index is 1160. The van der Waals surface area contributed by atoms with Crippen molar-refractivity contribution in [3.05, 3.63) is 39.9 Å². The Morgan fingerprint density at radius 3 is 2.87 bits per heavy atom. The second kappa shape index (κ2) is 7.59. The number of β-amino-alcohol motifs (C(OH)–C–C–N with tert-alkyl or cyclic N) is 1. The summed E-state index contributed by atoms with van der Waals surface area (Å²) in [6.07, 6.45) is 1.29. The van der Waals surface area contributed by atoms with E-state index >= 15 is 0 Å². The molecular formula is C21H25ClN4O4. The SMILES string of the molecule is CC(C)(C)OC(=O)N1CCC[C@@H](n2c3ccc(Cl)cc3c3nc[nH]c(=O)c32)[C@H](O)C1. The van der Waals surface area contributed by atoms with Crippen molar-refractivity contribution in [2.75, 3.05) is 13.1 Å². The van der Waals surface area contributed by atoms with Gasteiger partial charge in [-0.3, -0.25) is 4.79 Å². The maximum Gasteiger partial charge on any atom is 0.410 e. The first-order valence-electron chi connectivity index (χ1n) is 9.98. The van der Waals surface area contributed by atoms with E-state index in [9.17, 15) is 14.7 Å². The number of rotatable bonds is 1. The zero-order valence-electron chi connectivity index (χ0n) is 17.2. The molecule has 2 aromatic heterocycles. The number of ether oxygens (including phenoxy) is 1. The van der Waals surface area contributed by atoms with Gasteiger partial charge in [0, 0.05) is 17.0 Å². The first-order chi connectivity index (χ1) is 14.2. The van der Waals surface area contributed by atoms with Gasteiger partial charge in [0.25, 0.3) is 5.56 Å². The molecule has 1 amide bonds. The summed E-state index contributed by atoms with van der Waals surface area (Å²) in [6, 6.07) is 4.97. The van der Waals surface area contributed by atoms with Crippen LogP contribution >= 0.6 is 11.6 Å². The van der Waals surface area contributed by atoms with Crippen molar-refractivity contribution in [3.63, 3.8) is 0 Å². The molecule has 8 nitrogen and oxygen atoms in total. The van der Waals surface area contributed by atoms with Crippen LogP contribution in [-0.4, -0.2) is 55.4 Å². The minimum absolute atomic E-state index is 0.118. The molecule has 30 heavy (non-hydrogen) atoms. The highest BCUT2D eigenvalue weighted by atomic mass is 35.5. The number of likely N-dealkylation sites (tertiary alicyclic amines) is 1. The quantitative estimate of drug-likeness (QED) is 0.613. The number of aromatic nitrogens is 3. The molecule has 1 aliphatic heterocycles. The molecule has 3 heterocycles. The van der Waals surface area contributed by atoms with Gasteiger partial charge in [0.05, 0.1) is 30.5 Å². The standard InChI is InChI=1S/C21H25ClN4O4/c1-21(2,3)30-20(29)25-8-4-5-15(16(27)10-25)26-14-7-6-12(22)9-13(14)17-18(26)19(28)24-11-23-17/h6-7,9,11,15-16,27H,4-5,8,10H2,1-3H3,(H,23,24,28)/t15-,16-/m1/s1. The summed E-state index contributed by atoms with van der Waals surface area (Å²) < 4.78 is 7.31. The smallest absolute Gasteiger partial charge is 0.410 e. The van der Waals surface area contributed by atoms with Crippen LogP contribution in [0.2, 0.25) is 5.02 Å². The molecule has 9 heteroatoms. The predicted molar refractivity (Wildman–Crippen MR) is 115 cm³/mol. The Hall–Kier alpha value is -2.58. The molecule has 0 unspecified atom stereocenters. The fraction of sp³-hybridized carbons (Fsp3) is 0.476. The van der Waals surface area contributed by atoms with Crippen molar-refractivity contribution in [1.29, 1.82) is 0 Å². The normalized spacial score (nSPS) is 20.5. The lowest BCUT2D eigenvalue weighted by atomic mass is 10.1. The van der Waals surface area contributed by atoms with E-state index in [2.05, 4.69) is 9.97 Å². The van der Waals surface area contributed by atoms with Gasteiger partial charge < -0.3 is 24.3 Å². The Labute approximate surface area is 178 Å². The van der Waals surface area contributed by atoms with E-state index in [4.69, 9.17) is 16.3 Å². The largest absolute Gasteiger partial charge is 0.444 e. The van der Waals surface area contributed by atoms with Crippen LogP contribution in [-0.2, 0) is 4.74 Å². The van der Waals surface area contributed by atoms with Crippen molar-refractivity contribution < 1.29 is 14.6 Å². The van der Waals surface area contributed by atoms with E-state index in [0.717, 1.165) is 10.9 Å². The number of hydrogen-bond acceptors (Lipinski definition) is 5. The lowest BCUT2D eigenvalue weighted by Gasteiger charge is -2.28. The van der Waals surface area contributed by atoms with Gasteiger partial charge in [-0.25, -0.2) is 9.78 Å². The monoisotopic (exact) mass is 432 g/mol. The number of aliphatic hydroxyl groups excluding tert-OH is 1. The fourth-order valence-corrected chi connectivity index (χ4v) is 4.27. The molecule has 0 bridgehead atoms. The molecule has 0 radical (unpaired) electrons. The van der Waals surface area contributed by atoms with Crippen LogP contribution < -0.4 is 5.56 Å². The van der Waals surface area contributed by atoms with Crippen molar-refractivity contribution >= 4 is 39.6 Å². The third-order valence-corrected chi connectivity index (χ3v) is 5.54. The summed E-state index contributed by atoms with van der Waals surface area (Å²) in [5.74, 6) is 0. The van der Waals surface area contributed by atoms with E-state index in [0.29, 0.717) is 35.4 Å². The average molecular weight is 433 g/mol. The minimum atomic E-state index is -0.880. The number of aromatic amines is 1. The molecule has 2 atom stereocenters. The number of H-pyrrole nitrogens is 1. The van der Waals surface area contributed by atoms with Crippen molar-refractivity contribution in [2.24, 2.45) is 0 Å². The number of benzene rings is 1. The molecule has 4 rings (SSSR count). The van der Waals surface area contributed by atoms with Crippen LogP contribution in [0.4, 0.5) is 4.79 Å². The van der Waals surface area contributed by atoms with Gasteiger partial charge in [-0.15, -0.1) is 0 Å². The first kappa shape index (κ1) is 20.7. The van der Waals surface area contributed by atoms with Crippen LogP contribution in [0.5, 0.6) is 0 Å². The Morgan fingerprint density at radius 1 is 1.37 bits per heavy atom. The second-order valence-corrected chi connectivity index (χ2v) is 9.10. The van der Waals surface area contributed by atoms with E-state index in [-0.39, 0.29) is 12.1 Å². The maximum atomic E-state index is 12.7. The molecule has 0 aliphatic carbocycles. The lowest BCUT2D eigenvalue weighted by molar-refractivity contribution is 0.0142. The Balaban J connectivity index is 1.77. The highest BCUT2D eigenvalue weighted by molar-refractivity contribution is 6.31. The summed E-state index contributed by atoms with van der Waals surface area (Å²) >= 11 is 6.18. The van der Waals surface area contributed by atoms with Gasteiger partial charge in [-0.05, 0) is 51.8 Å². The summed E-state index contributed by atoms with van der Waals surface area (Å²) in [7, 11) is 0.